The molecule has 21 heavy (non-hydrogen) atoms. The average Bonchev–Trinajstić information content (AvgIpc) is 2.38. The number of amidine groups is 1. The predicted molar refractivity (Wildman–Crippen MR) is 87.0 cm³/mol. The van der Waals surface area contributed by atoms with Crippen LogP contribution in [0.15, 0.2) is 18.2 Å². The highest BCUT2D eigenvalue weighted by molar-refractivity contribution is 5.95. The Morgan fingerprint density at radius 3 is 2.33 bits per heavy atom. The van der Waals surface area contributed by atoms with Crippen LogP contribution < -0.4 is 5.73 Å². The fourth-order valence-corrected chi connectivity index (χ4v) is 2.75. The van der Waals surface area contributed by atoms with Gasteiger partial charge in [-0.25, -0.2) is 4.39 Å². The smallest absolute Gasteiger partial charge is 0.124 e. The summed E-state index contributed by atoms with van der Waals surface area (Å²) in [7, 11) is 0. The average molecular weight is 293 g/mol. The number of rotatable bonds is 8. The van der Waals surface area contributed by atoms with Gasteiger partial charge in [-0.2, -0.15) is 0 Å². The summed E-state index contributed by atoms with van der Waals surface area (Å²) in [4.78, 5) is 2.41. The van der Waals surface area contributed by atoms with Crippen molar-refractivity contribution in [3.63, 3.8) is 0 Å². The molecule has 4 heteroatoms. The molecule has 118 valence electrons. The minimum Gasteiger partial charge on any atom is -0.384 e. The van der Waals surface area contributed by atoms with Crippen LogP contribution in [0, 0.1) is 17.1 Å². The first-order chi connectivity index (χ1) is 9.87. The molecular weight excluding hydrogens is 265 g/mol. The molecule has 1 aromatic rings. The van der Waals surface area contributed by atoms with Gasteiger partial charge in [-0.1, -0.05) is 27.7 Å². The standard InChI is InChI=1S/C17H28FN3/c1-5-16(6-2)21(10-12(3)4)11-13-7-14(17(19)20)9-15(18)8-13/h7-9,12,16H,5-6,10-11H2,1-4H3,(H3,19,20). The molecule has 0 fully saturated rings. The van der Waals surface area contributed by atoms with E-state index in [9.17, 15) is 4.39 Å². The van der Waals surface area contributed by atoms with Crippen molar-refractivity contribution in [1.82, 2.24) is 4.90 Å². The van der Waals surface area contributed by atoms with Crippen molar-refractivity contribution in [3.05, 3.63) is 35.1 Å². The third-order valence-electron chi connectivity index (χ3n) is 3.71. The van der Waals surface area contributed by atoms with Gasteiger partial charge in [0.2, 0.25) is 0 Å². The zero-order valence-electron chi connectivity index (χ0n) is 13.6. The van der Waals surface area contributed by atoms with Gasteiger partial charge in [0.15, 0.2) is 0 Å². The molecule has 0 amide bonds. The van der Waals surface area contributed by atoms with Gasteiger partial charge in [0, 0.05) is 24.7 Å². The molecule has 0 aliphatic heterocycles. The maximum absolute atomic E-state index is 13.7. The topological polar surface area (TPSA) is 53.1 Å². The van der Waals surface area contributed by atoms with Gasteiger partial charge in [0.05, 0.1) is 0 Å². The maximum Gasteiger partial charge on any atom is 0.124 e. The highest BCUT2D eigenvalue weighted by Gasteiger charge is 2.17. The van der Waals surface area contributed by atoms with Crippen molar-refractivity contribution in [2.24, 2.45) is 11.7 Å². The van der Waals surface area contributed by atoms with Crippen molar-refractivity contribution < 1.29 is 4.39 Å². The van der Waals surface area contributed by atoms with E-state index >= 15 is 0 Å². The Morgan fingerprint density at radius 1 is 1.24 bits per heavy atom. The Kier molecular flexibility index (Phi) is 6.82. The van der Waals surface area contributed by atoms with Gasteiger partial charge in [-0.05, 0) is 42.5 Å². The maximum atomic E-state index is 13.7. The first-order valence-corrected chi connectivity index (χ1v) is 7.75. The van der Waals surface area contributed by atoms with Gasteiger partial charge in [-0.15, -0.1) is 0 Å². The molecule has 3 nitrogen and oxygen atoms in total. The van der Waals surface area contributed by atoms with Crippen LogP contribution in [0.3, 0.4) is 0 Å². The summed E-state index contributed by atoms with van der Waals surface area (Å²) in [5.41, 5.74) is 6.82. The monoisotopic (exact) mass is 293 g/mol. The van der Waals surface area contributed by atoms with Gasteiger partial charge in [0.1, 0.15) is 11.7 Å². The summed E-state index contributed by atoms with van der Waals surface area (Å²) in [5.74, 6) is 0.145. The van der Waals surface area contributed by atoms with Crippen LogP contribution in [-0.4, -0.2) is 23.3 Å². The molecule has 0 aliphatic carbocycles. The summed E-state index contributed by atoms with van der Waals surface area (Å²) in [6.07, 6.45) is 2.16. The van der Waals surface area contributed by atoms with Crippen molar-refractivity contribution in [2.75, 3.05) is 6.54 Å². The first-order valence-electron chi connectivity index (χ1n) is 7.75. The number of nitrogens with zero attached hydrogens (tertiary/aromatic N) is 1. The summed E-state index contributed by atoms with van der Waals surface area (Å²) in [5, 5.41) is 7.48. The highest BCUT2D eigenvalue weighted by atomic mass is 19.1. The van der Waals surface area contributed by atoms with E-state index in [1.165, 1.54) is 6.07 Å². The number of hydrogen-bond donors (Lipinski definition) is 2. The van der Waals surface area contributed by atoms with E-state index in [2.05, 4.69) is 32.6 Å². The van der Waals surface area contributed by atoms with Crippen molar-refractivity contribution in [3.8, 4) is 0 Å². The number of nitrogen functional groups attached to an aromatic ring is 1. The van der Waals surface area contributed by atoms with Crippen molar-refractivity contribution >= 4 is 5.84 Å². The third kappa shape index (κ3) is 5.46. The van der Waals surface area contributed by atoms with Crippen LogP contribution in [0.2, 0.25) is 0 Å². The molecule has 0 saturated heterocycles. The molecular formula is C17H28FN3. The lowest BCUT2D eigenvalue weighted by molar-refractivity contribution is 0.157. The molecule has 0 atom stereocenters. The Balaban J connectivity index is 2.99. The van der Waals surface area contributed by atoms with Crippen molar-refractivity contribution in [2.45, 2.75) is 53.1 Å². The second kappa shape index (κ2) is 8.13. The van der Waals surface area contributed by atoms with Gasteiger partial charge >= 0.3 is 0 Å². The number of hydrogen-bond acceptors (Lipinski definition) is 2. The third-order valence-corrected chi connectivity index (χ3v) is 3.71. The normalized spacial score (nSPS) is 11.6. The fourth-order valence-electron chi connectivity index (χ4n) is 2.75. The van der Waals surface area contributed by atoms with Crippen LogP contribution in [-0.2, 0) is 6.54 Å². The largest absolute Gasteiger partial charge is 0.384 e. The summed E-state index contributed by atoms with van der Waals surface area (Å²) < 4.78 is 13.7. The Morgan fingerprint density at radius 2 is 1.86 bits per heavy atom. The van der Waals surface area contributed by atoms with Crippen LogP contribution in [0.4, 0.5) is 4.39 Å². The molecule has 0 saturated carbocycles. The Labute approximate surface area is 127 Å². The van der Waals surface area contributed by atoms with E-state index in [-0.39, 0.29) is 11.7 Å². The molecule has 0 bridgehead atoms. The van der Waals surface area contributed by atoms with E-state index < -0.39 is 0 Å². The second-order valence-corrected chi connectivity index (χ2v) is 6.06. The lowest BCUT2D eigenvalue weighted by Gasteiger charge is -2.32. The summed E-state index contributed by atoms with van der Waals surface area (Å²) in [6.45, 7) is 10.5. The van der Waals surface area contributed by atoms with E-state index in [1.807, 2.05) is 6.07 Å². The van der Waals surface area contributed by atoms with Crippen LogP contribution in [0.1, 0.15) is 51.7 Å². The first kappa shape index (κ1) is 17.6. The Bertz CT molecular complexity index is 467. The second-order valence-electron chi connectivity index (χ2n) is 6.06. The molecule has 0 heterocycles. The number of nitrogens with one attached hydrogen (secondary N) is 1. The number of benzene rings is 1. The molecule has 1 rings (SSSR count). The zero-order valence-corrected chi connectivity index (χ0v) is 13.6. The molecule has 3 N–H and O–H groups in total. The van der Waals surface area contributed by atoms with Gasteiger partial charge in [0.25, 0.3) is 0 Å². The predicted octanol–water partition coefficient (Wildman–Crippen LogP) is 3.76. The van der Waals surface area contributed by atoms with Crippen LogP contribution in [0.25, 0.3) is 0 Å². The van der Waals surface area contributed by atoms with Gasteiger partial charge < -0.3 is 5.73 Å². The molecule has 1 aromatic carbocycles. The molecule has 0 spiro atoms. The lowest BCUT2D eigenvalue weighted by Crippen LogP contribution is -2.36. The Hall–Kier alpha value is -1.42. The highest BCUT2D eigenvalue weighted by Crippen LogP contribution is 2.17. The van der Waals surface area contributed by atoms with E-state index in [1.54, 1.807) is 6.07 Å². The molecule has 0 aliphatic rings. The summed E-state index contributed by atoms with van der Waals surface area (Å²) in [6, 6.07) is 5.18. The number of nitrogens with two attached hydrogens (primary N) is 1. The SMILES string of the molecule is CCC(CC)N(Cc1cc(F)cc(C(=N)N)c1)CC(C)C. The molecule has 0 radical (unpaired) electrons. The minimum atomic E-state index is -0.327. The van der Waals surface area contributed by atoms with Crippen molar-refractivity contribution in [1.29, 1.82) is 5.41 Å². The zero-order chi connectivity index (χ0) is 16.0. The summed E-state index contributed by atoms with van der Waals surface area (Å²) >= 11 is 0. The van der Waals surface area contributed by atoms with Crippen LogP contribution in [0.5, 0.6) is 0 Å². The quantitative estimate of drug-likeness (QED) is 0.566. The lowest BCUT2D eigenvalue weighted by atomic mass is 10.0. The molecule has 0 aromatic heterocycles. The van der Waals surface area contributed by atoms with E-state index in [4.69, 9.17) is 11.1 Å². The fraction of sp³-hybridized carbons (Fsp3) is 0.588. The van der Waals surface area contributed by atoms with Gasteiger partial charge in [-0.3, -0.25) is 10.3 Å². The van der Waals surface area contributed by atoms with E-state index in [0.29, 0.717) is 24.1 Å². The number of halogens is 1. The van der Waals surface area contributed by atoms with E-state index in [0.717, 1.165) is 24.9 Å². The minimum absolute atomic E-state index is 0.0892. The van der Waals surface area contributed by atoms with Crippen LogP contribution >= 0.6 is 0 Å². The molecule has 0 unspecified atom stereocenters.